The summed E-state index contributed by atoms with van der Waals surface area (Å²) in [6, 6.07) is 7.10. The number of anilines is 1. The Labute approximate surface area is 210 Å². The Hall–Kier alpha value is -2.89. The number of amides is 1. The molecule has 0 bridgehead atoms. The third-order valence-corrected chi connectivity index (χ3v) is 6.62. The van der Waals surface area contributed by atoms with Gasteiger partial charge in [-0.2, -0.15) is 0 Å². The van der Waals surface area contributed by atoms with Crippen LogP contribution in [0.15, 0.2) is 42.1 Å². The maximum atomic E-state index is 12.5. The van der Waals surface area contributed by atoms with Crippen molar-refractivity contribution in [2.45, 2.75) is 38.6 Å². The zero-order valence-corrected chi connectivity index (χ0v) is 21.3. The van der Waals surface area contributed by atoms with Gasteiger partial charge in [0.2, 0.25) is 5.91 Å². The van der Waals surface area contributed by atoms with Gasteiger partial charge in [-0.3, -0.25) is 9.36 Å². The van der Waals surface area contributed by atoms with E-state index in [9.17, 15) is 9.59 Å². The quantitative estimate of drug-likeness (QED) is 0.215. The first kappa shape index (κ1) is 25.7. The SMILES string of the molecule is C=CCn1c(SCC(=O)Nc2nc(C)c(C(=O)OCC)s2)nnc1C(C)Oc1cccc(Cl)c1. The normalized spacial score (nSPS) is 11.6. The van der Waals surface area contributed by atoms with Crippen molar-refractivity contribution >= 4 is 51.7 Å². The number of allylic oxidation sites excluding steroid dienone is 1. The Morgan fingerprint density at radius 3 is 2.88 bits per heavy atom. The Morgan fingerprint density at radius 2 is 2.18 bits per heavy atom. The minimum atomic E-state index is -0.452. The molecule has 1 N–H and O–H groups in total. The highest BCUT2D eigenvalue weighted by molar-refractivity contribution is 7.99. The van der Waals surface area contributed by atoms with Crippen LogP contribution in [0.25, 0.3) is 0 Å². The lowest BCUT2D eigenvalue weighted by atomic mass is 10.3. The smallest absolute Gasteiger partial charge is 0.350 e. The van der Waals surface area contributed by atoms with E-state index in [2.05, 4.69) is 27.1 Å². The van der Waals surface area contributed by atoms with Crippen LogP contribution in [0, 0.1) is 6.92 Å². The van der Waals surface area contributed by atoms with Gasteiger partial charge in [-0.1, -0.05) is 46.8 Å². The summed E-state index contributed by atoms with van der Waals surface area (Å²) in [5, 5.41) is 12.7. The van der Waals surface area contributed by atoms with Gasteiger partial charge in [0.25, 0.3) is 0 Å². The van der Waals surface area contributed by atoms with E-state index in [1.54, 1.807) is 38.1 Å². The predicted octanol–water partition coefficient (Wildman–Crippen LogP) is 4.93. The number of hydrogen-bond acceptors (Lipinski definition) is 9. The number of esters is 1. The van der Waals surface area contributed by atoms with Crippen molar-refractivity contribution in [1.82, 2.24) is 19.7 Å². The van der Waals surface area contributed by atoms with E-state index in [4.69, 9.17) is 21.1 Å². The molecule has 34 heavy (non-hydrogen) atoms. The lowest BCUT2D eigenvalue weighted by Gasteiger charge is -2.15. The predicted molar refractivity (Wildman–Crippen MR) is 133 cm³/mol. The molecule has 9 nitrogen and oxygen atoms in total. The molecule has 0 spiro atoms. The zero-order valence-electron chi connectivity index (χ0n) is 18.9. The molecule has 0 fully saturated rings. The first-order chi connectivity index (χ1) is 16.3. The highest BCUT2D eigenvalue weighted by atomic mass is 35.5. The van der Waals surface area contributed by atoms with Crippen LogP contribution in [-0.2, 0) is 16.1 Å². The lowest BCUT2D eigenvalue weighted by Crippen LogP contribution is -2.15. The van der Waals surface area contributed by atoms with Crippen LogP contribution in [0.1, 0.15) is 41.1 Å². The summed E-state index contributed by atoms with van der Waals surface area (Å²) < 4.78 is 12.8. The van der Waals surface area contributed by atoms with Gasteiger partial charge in [-0.05, 0) is 39.0 Å². The highest BCUT2D eigenvalue weighted by Gasteiger charge is 2.21. The van der Waals surface area contributed by atoms with Gasteiger partial charge in [0.15, 0.2) is 22.2 Å². The molecule has 1 atom stereocenters. The summed E-state index contributed by atoms with van der Waals surface area (Å²) in [6.07, 6.45) is 1.31. The van der Waals surface area contributed by atoms with Gasteiger partial charge >= 0.3 is 5.97 Å². The molecule has 1 amide bonds. The molecule has 0 saturated carbocycles. The summed E-state index contributed by atoms with van der Waals surface area (Å²) in [5.41, 5.74) is 0.510. The second-order valence-electron chi connectivity index (χ2n) is 6.95. The number of nitrogens with one attached hydrogen (secondary N) is 1. The van der Waals surface area contributed by atoms with E-state index in [-0.39, 0.29) is 18.3 Å². The summed E-state index contributed by atoms with van der Waals surface area (Å²) in [6.45, 7) is 9.79. The maximum absolute atomic E-state index is 12.5. The van der Waals surface area contributed by atoms with Gasteiger partial charge in [-0.15, -0.1) is 16.8 Å². The van der Waals surface area contributed by atoms with Gasteiger partial charge < -0.3 is 14.8 Å². The Balaban J connectivity index is 1.65. The lowest BCUT2D eigenvalue weighted by molar-refractivity contribution is -0.113. The topological polar surface area (TPSA) is 108 Å². The van der Waals surface area contributed by atoms with Gasteiger partial charge in [0.05, 0.1) is 18.1 Å². The van der Waals surface area contributed by atoms with E-state index in [1.165, 1.54) is 11.8 Å². The van der Waals surface area contributed by atoms with Gasteiger partial charge in [0.1, 0.15) is 10.6 Å². The number of rotatable bonds is 11. The highest BCUT2D eigenvalue weighted by Crippen LogP contribution is 2.27. The fourth-order valence-corrected chi connectivity index (χ4v) is 4.74. The molecule has 3 aromatic rings. The fraction of sp³-hybridized carbons (Fsp3) is 0.318. The molecular formula is C22H24ClN5O4S2. The molecule has 0 aliphatic rings. The van der Waals surface area contributed by atoms with Crippen LogP contribution in [0.5, 0.6) is 5.75 Å². The molecule has 3 rings (SSSR count). The molecule has 0 aliphatic carbocycles. The first-order valence-corrected chi connectivity index (χ1v) is 12.5. The summed E-state index contributed by atoms with van der Waals surface area (Å²) >= 11 is 8.34. The number of thiazole rings is 1. The van der Waals surface area contributed by atoms with Crippen LogP contribution in [0.2, 0.25) is 5.02 Å². The number of carbonyl (C=O) groups excluding carboxylic acids is 2. The average molecular weight is 522 g/mol. The second kappa shape index (κ2) is 12.0. The molecule has 0 radical (unpaired) electrons. The maximum Gasteiger partial charge on any atom is 0.350 e. The molecule has 0 aliphatic heterocycles. The zero-order chi connectivity index (χ0) is 24.7. The van der Waals surface area contributed by atoms with Crippen molar-refractivity contribution in [3.63, 3.8) is 0 Å². The van der Waals surface area contributed by atoms with Crippen LogP contribution in [-0.4, -0.2) is 44.0 Å². The number of halogens is 1. The molecule has 1 aromatic carbocycles. The van der Waals surface area contributed by atoms with Crippen LogP contribution < -0.4 is 10.1 Å². The van der Waals surface area contributed by atoms with Crippen molar-refractivity contribution in [2.24, 2.45) is 0 Å². The molecule has 12 heteroatoms. The van der Waals surface area contributed by atoms with E-state index < -0.39 is 12.1 Å². The molecule has 180 valence electrons. The minimum absolute atomic E-state index is 0.0756. The third kappa shape index (κ3) is 6.58. The number of carbonyl (C=O) groups is 2. The van der Waals surface area contributed by atoms with E-state index in [0.29, 0.717) is 44.0 Å². The second-order valence-corrected chi connectivity index (χ2v) is 9.33. The van der Waals surface area contributed by atoms with Crippen molar-refractivity contribution in [1.29, 1.82) is 0 Å². The van der Waals surface area contributed by atoms with Crippen molar-refractivity contribution < 1.29 is 19.1 Å². The molecular weight excluding hydrogens is 498 g/mol. The number of aryl methyl sites for hydroxylation is 1. The number of benzene rings is 1. The Kier molecular flexibility index (Phi) is 9.08. The number of nitrogens with zero attached hydrogens (tertiary/aromatic N) is 4. The van der Waals surface area contributed by atoms with Crippen LogP contribution in [0.4, 0.5) is 5.13 Å². The number of aromatic nitrogens is 4. The third-order valence-electron chi connectivity index (χ3n) is 4.37. The Morgan fingerprint density at radius 1 is 1.38 bits per heavy atom. The van der Waals surface area contributed by atoms with Crippen LogP contribution >= 0.6 is 34.7 Å². The van der Waals surface area contributed by atoms with Crippen molar-refractivity contribution in [2.75, 3.05) is 17.7 Å². The average Bonchev–Trinajstić information content (AvgIpc) is 3.35. The monoisotopic (exact) mass is 521 g/mol. The molecule has 2 heterocycles. The number of ether oxygens (including phenoxy) is 2. The first-order valence-electron chi connectivity index (χ1n) is 10.4. The molecule has 1 unspecified atom stereocenters. The molecule has 0 saturated heterocycles. The van der Waals surface area contributed by atoms with E-state index in [1.807, 2.05) is 17.6 Å². The van der Waals surface area contributed by atoms with Crippen molar-refractivity contribution in [3.05, 3.63) is 58.3 Å². The number of thioether (sulfide) groups is 1. The van der Waals surface area contributed by atoms with Gasteiger partial charge in [0, 0.05) is 11.6 Å². The fourth-order valence-electron chi connectivity index (χ4n) is 2.93. The largest absolute Gasteiger partial charge is 0.483 e. The Bertz CT molecular complexity index is 1180. The number of hydrogen-bond donors (Lipinski definition) is 1. The van der Waals surface area contributed by atoms with Crippen LogP contribution in [0.3, 0.4) is 0 Å². The van der Waals surface area contributed by atoms with E-state index >= 15 is 0 Å². The molecule has 2 aromatic heterocycles. The van der Waals surface area contributed by atoms with Crippen molar-refractivity contribution in [3.8, 4) is 5.75 Å². The summed E-state index contributed by atoms with van der Waals surface area (Å²) in [4.78, 5) is 29.0. The summed E-state index contributed by atoms with van der Waals surface area (Å²) in [5.74, 6) is 0.547. The summed E-state index contributed by atoms with van der Waals surface area (Å²) in [7, 11) is 0. The minimum Gasteiger partial charge on any atom is -0.483 e. The van der Waals surface area contributed by atoms with E-state index in [0.717, 1.165) is 11.3 Å². The van der Waals surface area contributed by atoms with Gasteiger partial charge in [-0.25, -0.2) is 9.78 Å². The standard InChI is InChI=1S/C22H24ClN5O4S2/c1-5-10-28-19(14(4)32-16-9-7-8-15(23)11-16)26-27-22(28)33-12-17(29)25-21-24-13(3)18(34-21)20(30)31-6-2/h5,7-9,11,14H,1,6,10,12H2,2-4H3,(H,24,25,29).